The zero-order valence-corrected chi connectivity index (χ0v) is 23.8. The highest BCUT2D eigenvalue weighted by Gasteiger charge is 2.47. The zero-order valence-electron chi connectivity index (χ0n) is 23.8. The highest BCUT2D eigenvalue weighted by molar-refractivity contribution is 6.03. The molecule has 0 radical (unpaired) electrons. The van der Waals surface area contributed by atoms with Crippen molar-refractivity contribution < 1.29 is 29.0 Å². The molecule has 1 heterocycles. The van der Waals surface area contributed by atoms with Gasteiger partial charge in [0.1, 0.15) is 17.3 Å². The summed E-state index contributed by atoms with van der Waals surface area (Å²) in [6, 6.07) is 16.2. The number of urea groups is 1. The van der Waals surface area contributed by atoms with E-state index in [9.17, 15) is 29.0 Å². The Morgan fingerprint density at radius 1 is 0.829 bits per heavy atom. The molecule has 41 heavy (non-hydrogen) atoms. The van der Waals surface area contributed by atoms with Crippen molar-refractivity contribution in [3.63, 3.8) is 0 Å². The molecule has 3 atom stereocenters. The van der Waals surface area contributed by atoms with E-state index in [4.69, 9.17) is 0 Å². The van der Waals surface area contributed by atoms with E-state index in [2.05, 4.69) is 0 Å². The summed E-state index contributed by atoms with van der Waals surface area (Å²) in [5.74, 6) is -3.97. The number of phenols is 2. The maximum absolute atomic E-state index is 14.9. The van der Waals surface area contributed by atoms with Crippen LogP contribution in [0.2, 0.25) is 0 Å². The number of Topliss-reactive ketones (excluding diaryl/α,β-unsaturated/α-hetero) is 2. The predicted octanol–water partition coefficient (Wildman–Crippen LogP) is 4.56. The lowest BCUT2D eigenvalue weighted by Gasteiger charge is -2.44. The number of amides is 2. The van der Waals surface area contributed by atoms with Gasteiger partial charge in [-0.15, -0.1) is 0 Å². The van der Waals surface area contributed by atoms with Gasteiger partial charge in [0.2, 0.25) is 0 Å². The molecule has 0 aliphatic carbocycles. The van der Waals surface area contributed by atoms with Crippen molar-refractivity contribution in [2.24, 2.45) is 11.8 Å². The number of hydrogen-bond acceptors (Lipinski definition) is 6. The largest absolute Gasteiger partial charge is 0.508 e. The number of benzene rings is 3. The molecular weight excluding hydrogens is 525 g/mol. The Morgan fingerprint density at radius 3 is 1.83 bits per heavy atom. The zero-order chi connectivity index (χ0) is 29.8. The van der Waals surface area contributed by atoms with Crippen molar-refractivity contribution in [1.82, 2.24) is 14.7 Å². The van der Waals surface area contributed by atoms with E-state index in [1.807, 2.05) is 19.0 Å². The number of piperidine rings is 1. The van der Waals surface area contributed by atoms with Crippen LogP contribution in [-0.4, -0.2) is 89.8 Å². The van der Waals surface area contributed by atoms with Gasteiger partial charge in [-0.2, -0.15) is 0 Å². The van der Waals surface area contributed by atoms with Crippen LogP contribution in [0.4, 0.5) is 9.18 Å². The Morgan fingerprint density at radius 2 is 1.34 bits per heavy atom. The third kappa shape index (κ3) is 6.57. The average molecular weight is 562 g/mol. The van der Waals surface area contributed by atoms with Gasteiger partial charge >= 0.3 is 6.03 Å². The van der Waals surface area contributed by atoms with Crippen LogP contribution in [0.5, 0.6) is 11.5 Å². The minimum absolute atomic E-state index is 0.00403. The maximum atomic E-state index is 14.9. The Labute approximate surface area is 239 Å². The topological polar surface area (TPSA) is 101 Å². The van der Waals surface area contributed by atoms with Gasteiger partial charge in [-0.1, -0.05) is 36.4 Å². The predicted molar refractivity (Wildman–Crippen MR) is 154 cm³/mol. The molecule has 8 nitrogen and oxygen atoms in total. The number of ketones is 2. The molecule has 4 rings (SSSR count). The molecular formula is C32H36FN3O5. The number of carbonyl (C=O) groups excluding carboxylic acids is 3. The lowest BCUT2D eigenvalue weighted by molar-refractivity contribution is 0.0598. The third-order valence-corrected chi connectivity index (χ3v) is 7.78. The monoisotopic (exact) mass is 561 g/mol. The van der Waals surface area contributed by atoms with E-state index in [0.29, 0.717) is 24.2 Å². The van der Waals surface area contributed by atoms with Gasteiger partial charge in [0.05, 0.1) is 0 Å². The number of nitrogens with zero attached hydrogens (tertiary/aromatic N) is 3. The minimum atomic E-state index is -0.913. The number of likely N-dealkylation sites (N-methyl/N-ethyl adjacent to an activating group) is 2. The van der Waals surface area contributed by atoms with Crippen LogP contribution in [0.3, 0.4) is 0 Å². The molecule has 3 aromatic carbocycles. The molecule has 1 saturated heterocycles. The summed E-state index contributed by atoms with van der Waals surface area (Å²) in [6.07, 6.45) is 0. The smallest absolute Gasteiger partial charge is 0.319 e. The number of aromatic hydroxyl groups is 2. The summed E-state index contributed by atoms with van der Waals surface area (Å²) in [7, 11) is 5.48. The standard InChI is InChI=1S/C32H36FN3O5/c1-20-25(12-7-13-28(20)33)29-26(30(39)21-8-5-10-23(37)16-21)18-36(32(41)35(4)15-14-34(2)3)19-27(29)31(40)22-9-6-11-24(38)17-22/h5-13,16-17,26-27,29,37-38H,14-15,18-19H2,1-4H3/t26-,27+,29+. The first kappa shape index (κ1) is 29.7. The lowest BCUT2D eigenvalue weighted by atomic mass is 9.68. The van der Waals surface area contributed by atoms with Crippen LogP contribution in [0.1, 0.15) is 37.8 Å². The molecule has 1 aliphatic rings. The summed E-state index contributed by atoms with van der Waals surface area (Å²) < 4.78 is 14.9. The van der Waals surface area contributed by atoms with Gasteiger partial charge in [-0.3, -0.25) is 9.59 Å². The summed E-state index contributed by atoms with van der Waals surface area (Å²) in [5, 5.41) is 20.2. The van der Waals surface area contributed by atoms with Crippen molar-refractivity contribution >= 4 is 17.6 Å². The van der Waals surface area contributed by atoms with Crippen molar-refractivity contribution in [3.05, 3.63) is 94.8 Å². The summed E-state index contributed by atoms with van der Waals surface area (Å²) in [4.78, 5) is 46.9. The second-order valence-corrected chi connectivity index (χ2v) is 10.9. The lowest BCUT2D eigenvalue weighted by Crippen LogP contribution is -2.55. The van der Waals surface area contributed by atoms with Gasteiger partial charge in [-0.25, -0.2) is 9.18 Å². The number of rotatable bonds is 8. The van der Waals surface area contributed by atoms with Crippen LogP contribution >= 0.6 is 0 Å². The minimum Gasteiger partial charge on any atom is -0.508 e. The van der Waals surface area contributed by atoms with E-state index in [0.717, 1.165) is 0 Å². The first-order chi connectivity index (χ1) is 19.5. The van der Waals surface area contributed by atoms with Crippen LogP contribution in [0, 0.1) is 24.6 Å². The highest BCUT2D eigenvalue weighted by atomic mass is 19.1. The molecule has 2 amide bonds. The number of hydrogen-bond donors (Lipinski definition) is 2. The molecule has 9 heteroatoms. The Kier molecular flexibility index (Phi) is 9.08. The molecule has 1 aliphatic heterocycles. The van der Waals surface area contributed by atoms with Crippen LogP contribution in [0.25, 0.3) is 0 Å². The third-order valence-electron chi connectivity index (χ3n) is 7.78. The molecule has 0 saturated carbocycles. The second kappa shape index (κ2) is 12.5. The second-order valence-electron chi connectivity index (χ2n) is 10.9. The molecule has 0 bridgehead atoms. The SMILES string of the molecule is Cc1c(F)cccc1[C@@H]1[C@@H](C(=O)c2cccc(O)c2)CN(C(=O)N(C)CCN(C)C)C[C@H]1C(=O)c1cccc(O)c1. The number of carbonyl (C=O) groups is 3. The molecule has 216 valence electrons. The van der Waals surface area contributed by atoms with Crippen LogP contribution in [-0.2, 0) is 0 Å². The van der Waals surface area contributed by atoms with E-state index in [1.165, 1.54) is 35.2 Å². The molecule has 3 aromatic rings. The van der Waals surface area contributed by atoms with Crippen LogP contribution in [0.15, 0.2) is 66.7 Å². The molecule has 0 unspecified atom stereocenters. The van der Waals surface area contributed by atoms with Gasteiger partial charge in [0.25, 0.3) is 0 Å². The Balaban J connectivity index is 1.85. The van der Waals surface area contributed by atoms with E-state index < -0.39 is 23.6 Å². The summed E-state index contributed by atoms with van der Waals surface area (Å²) >= 11 is 0. The Bertz CT molecular complexity index is 1370. The van der Waals surface area contributed by atoms with Gasteiger partial charge in [0, 0.05) is 62.1 Å². The summed E-state index contributed by atoms with van der Waals surface area (Å²) in [6.45, 7) is 2.68. The van der Waals surface area contributed by atoms with E-state index >= 15 is 0 Å². The fourth-order valence-corrected chi connectivity index (χ4v) is 5.56. The first-order valence-electron chi connectivity index (χ1n) is 13.5. The van der Waals surface area contributed by atoms with Crippen molar-refractivity contribution in [1.29, 1.82) is 0 Å². The van der Waals surface area contributed by atoms with Crippen molar-refractivity contribution in [2.45, 2.75) is 12.8 Å². The number of likely N-dealkylation sites (tertiary alicyclic amines) is 1. The van der Waals surface area contributed by atoms with E-state index in [1.54, 1.807) is 55.3 Å². The first-order valence-corrected chi connectivity index (χ1v) is 13.5. The fraction of sp³-hybridized carbons (Fsp3) is 0.344. The normalized spacial score (nSPS) is 18.8. The molecule has 1 fully saturated rings. The number of halogens is 1. The van der Waals surface area contributed by atoms with Gasteiger partial charge in [-0.05, 0) is 62.5 Å². The molecule has 0 aromatic heterocycles. The fourth-order valence-electron chi connectivity index (χ4n) is 5.56. The van der Waals surface area contributed by atoms with Gasteiger partial charge < -0.3 is 24.9 Å². The highest BCUT2D eigenvalue weighted by Crippen LogP contribution is 2.43. The van der Waals surface area contributed by atoms with Crippen molar-refractivity contribution in [3.8, 4) is 11.5 Å². The maximum Gasteiger partial charge on any atom is 0.319 e. The van der Waals surface area contributed by atoms with E-state index in [-0.39, 0.29) is 53.3 Å². The summed E-state index contributed by atoms with van der Waals surface area (Å²) in [5.41, 5.74) is 1.29. The average Bonchev–Trinajstić information content (AvgIpc) is 2.95. The van der Waals surface area contributed by atoms with Gasteiger partial charge in [0.15, 0.2) is 11.6 Å². The Hall–Kier alpha value is -4.24. The number of phenolic OH excluding ortho intramolecular Hbond substituents is 2. The van der Waals surface area contributed by atoms with Crippen LogP contribution < -0.4 is 0 Å². The molecule has 2 N–H and O–H groups in total. The quantitative estimate of drug-likeness (QED) is 0.391. The molecule has 0 spiro atoms. The van der Waals surface area contributed by atoms with Crippen molar-refractivity contribution in [2.75, 3.05) is 47.3 Å².